The second-order valence-electron chi connectivity index (χ2n) is 6.96. The number of nitrogens with zero attached hydrogens (tertiary/aromatic N) is 4. The van der Waals surface area contributed by atoms with Crippen LogP contribution in [0.15, 0.2) is 54.9 Å². The normalized spacial score (nSPS) is 15.3. The number of hydrogen-bond donors (Lipinski definition) is 2. The van der Waals surface area contributed by atoms with E-state index < -0.39 is 6.23 Å². The number of para-hydroxylation sites is 1. The molecule has 0 radical (unpaired) electrons. The van der Waals surface area contributed by atoms with E-state index in [0.29, 0.717) is 22.0 Å². The van der Waals surface area contributed by atoms with Crippen molar-refractivity contribution in [3.05, 3.63) is 71.0 Å². The van der Waals surface area contributed by atoms with Crippen molar-refractivity contribution in [3.8, 4) is 11.9 Å². The van der Waals surface area contributed by atoms with Gasteiger partial charge < -0.3 is 15.0 Å². The number of halogens is 1. The van der Waals surface area contributed by atoms with Gasteiger partial charge in [-0.2, -0.15) is 10.2 Å². The molecule has 1 unspecified atom stereocenters. The number of nitrogens with one attached hydrogen (secondary N) is 2. The Labute approximate surface area is 182 Å². The van der Waals surface area contributed by atoms with Crippen molar-refractivity contribution >= 4 is 45.7 Å². The summed E-state index contributed by atoms with van der Waals surface area (Å²) in [5, 5.41) is 13.8. The van der Waals surface area contributed by atoms with Crippen molar-refractivity contribution in [2.75, 3.05) is 10.2 Å². The van der Waals surface area contributed by atoms with Crippen LogP contribution >= 0.6 is 11.6 Å². The van der Waals surface area contributed by atoms with Gasteiger partial charge in [-0.15, -0.1) is 0 Å². The van der Waals surface area contributed by atoms with E-state index in [0.717, 1.165) is 10.9 Å². The molecule has 152 valence electrons. The van der Waals surface area contributed by atoms with E-state index in [9.17, 15) is 10.1 Å². The highest BCUT2D eigenvalue weighted by Gasteiger charge is 2.35. The molecule has 0 aliphatic carbocycles. The molecule has 1 aliphatic rings. The standard InChI is InChI=1S/C22H15ClN6O2/c1-12-29(18-5-3-2-4-17(18)23)21(30)16-11-26-22(28-20(16)31-12)27-15-8-13-6-7-25-19(13)14(9-15)10-24/h2-9,11-12,25H,1H3,(H,26,27,28). The average Bonchev–Trinajstić information content (AvgIpc) is 3.23. The van der Waals surface area contributed by atoms with Crippen LogP contribution in [0.1, 0.15) is 22.8 Å². The zero-order valence-electron chi connectivity index (χ0n) is 16.3. The van der Waals surface area contributed by atoms with Crippen LogP contribution in [0, 0.1) is 11.3 Å². The Hall–Kier alpha value is -4.09. The van der Waals surface area contributed by atoms with Crippen LogP contribution in [0.5, 0.6) is 5.88 Å². The van der Waals surface area contributed by atoms with Gasteiger partial charge in [0.15, 0.2) is 6.23 Å². The van der Waals surface area contributed by atoms with E-state index in [1.54, 1.807) is 43.5 Å². The predicted octanol–water partition coefficient (Wildman–Crippen LogP) is 4.61. The summed E-state index contributed by atoms with van der Waals surface area (Å²) in [6, 6.07) is 14.7. The first-order valence-corrected chi connectivity index (χ1v) is 9.83. The van der Waals surface area contributed by atoms with Gasteiger partial charge in [-0.1, -0.05) is 23.7 Å². The van der Waals surface area contributed by atoms with Gasteiger partial charge in [0.2, 0.25) is 11.8 Å². The van der Waals surface area contributed by atoms with Crippen LogP contribution in [0.4, 0.5) is 17.3 Å². The molecule has 1 atom stereocenters. The minimum absolute atomic E-state index is 0.182. The molecule has 4 aromatic rings. The largest absolute Gasteiger partial charge is 0.453 e. The number of nitriles is 1. The van der Waals surface area contributed by atoms with Crippen LogP contribution in [0.2, 0.25) is 5.02 Å². The molecule has 0 fully saturated rings. The van der Waals surface area contributed by atoms with Gasteiger partial charge >= 0.3 is 0 Å². The number of carbonyl (C=O) groups is 1. The molecule has 9 heteroatoms. The third kappa shape index (κ3) is 3.21. The zero-order valence-corrected chi connectivity index (χ0v) is 17.0. The zero-order chi connectivity index (χ0) is 21.5. The lowest BCUT2D eigenvalue weighted by Crippen LogP contribution is -2.46. The van der Waals surface area contributed by atoms with E-state index in [1.165, 1.54) is 11.1 Å². The van der Waals surface area contributed by atoms with Crippen molar-refractivity contribution < 1.29 is 9.53 Å². The first-order chi connectivity index (χ1) is 15.0. The summed E-state index contributed by atoms with van der Waals surface area (Å²) in [6.07, 6.45) is 2.59. The van der Waals surface area contributed by atoms with Gasteiger partial charge in [0.25, 0.3) is 5.91 Å². The molecule has 0 bridgehead atoms. The summed E-state index contributed by atoms with van der Waals surface area (Å²) < 4.78 is 5.90. The number of rotatable bonds is 3. The minimum atomic E-state index is -0.607. The molecule has 2 aromatic carbocycles. The van der Waals surface area contributed by atoms with Crippen molar-refractivity contribution in [2.24, 2.45) is 0 Å². The number of ether oxygens (including phenoxy) is 1. The molecular weight excluding hydrogens is 416 g/mol. The van der Waals surface area contributed by atoms with Crippen LogP contribution in [-0.2, 0) is 0 Å². The maximum atomic E-state index is 13.1. The molecule has 31 heavy (non-hydrogen) atoms. The highest BCUT2D eigenvalue weighted by atomic mass is 35.5. The number of hydrogen-bond acceptors (Lipinski definition) is 6. The van der Waals surface area contributed by atoms with E-state index in [1.807, 2.05) is 12.1 Å². The summed E-state index contributed by atoms with van der Waals surface area (Å²) >= 11 is 6.27. The van der Waals surface area contributed by atoms with Crippen LogP contribution < -0.4 is 15.0 Å². The molecular formula is C22H15ClN6O2. The quantitative estimate of drug-likeness (QED) is 0.491. The van der Waals surface area contributed by atoms with Crippen LogP contribution in [-0.4, -0.2) is 27.1 Å². The van der Waals surface area contributed by atoms with E-state index in [4.69, 9.17) is 16.3 Å². The van der Waals surface area contributed by atoms with Gasteiger partial charge in [0.1, 0.15) is 11.6 Å². The fraction of sp³-hybridized carbons (Fsp3) is 0.0909. The summed E-state index contributed by atoms with van der Waals surface area (Å²) in [5.74, 6) is 0.138. The monoisotopic (exact) mass is 430 g/mol. The van der Waals surface area contributed by atoms with E-state index in [2.05, 4.69) is 26.3 Å². The maximum absolute atomic E-state index is 13.1. The number of anilines is 3. The molecule has 3 heterocycles. The molecule has 1 aliphatic heterocycles. The van der Waals surface area contributed by atoms with Gasteiger partial charge in [0, 0.05) is 23.5 Å². The topological polar surface area (TPSA) is 107 Å². The van der Waals surface area contributed by atoms with E-state index in [-0.39, 0.29) is 23.3 Å². The smallest absolute Gasteiger partial charge is 0.268 e. The third-order valence-electron chi connectivity index (χ3n) is 5.00. The molecule has 1 amide bonds. The van der Waals surface area contributed by atoms with Gasteiger partial charge in [-0.3, -0.25) is 9.69 Å². The number of aromatic nitrogens is 3. The second kappa shape index (κ2) is 7.31. The first-order valence-electron chi connectivity index (χ1n) is 9.45. The second-order valence-corrected chi connectivity index (χ2v) is 7.37. The SMILES string of the molecule is CC1Oc2nc(Nc3cc(C#N)c4[nH]ccc4c3)ncc2C(=O)N1c1ccccc1Cl. The summed E-state index contributed by atoms with van der Waals surface area (Å²) in [7, 11) is 0. The first kappa shape index (κ1) is 18.9. The lowest BCUT2D eigenvalue weighted by Gasteiger charge is -2.34. The number of benzene rings is 2. The maximum Gasteiger partial charge on any atom is 0.268 e. The Kier molecular flexibility index (Phi) is 4.46. The van der Waals surface area contributed by atoms with Gasteiger partial charge in [-0.25, -0.2) is 4.98 Å². The molecule has 5 rings (SSSR count). The Bertz CT molecular complexity index is 1380. The summed E-state index contributed by atoms with van der Waals surface area (Å²) in [6.45, 7) is 1.75. The van der Waals surface area contributed by atoms with Crippen molar-refractivity contribution in [3.63, 3.8) is 0 Å². The molecule has 0 saturated heterocycles. The van der Waals surface area contributed by atoms with Crippen LogP contribution in [0.25, 0.3) is 10.9 Å². The Morgan fingerprint density at radius 3 is 2.94 bits per heavy atom. The molecule has 8 nitrogen and oxygen atoms in total. The number of fused-ring (bicyclic) bond motifs is 2. The van der Waals surface area contributed by atoms with Crippen molar-refractivity contribution in [2.45, 2.75) is 13.2 Å². The number of carbonyl (C=O) groups excluding carboxylic acids is 1. The summed E-state index contributed by atoms with van der Waals surface area (Å²) in [5.41, 5.74) is 2.71. The highest BCUT2D eigenvalue weighted by Crippen LogP contribution is 2.34. The fourth-order valence-electron chi connectivity index (χ4n) is 3.59. The highest BCUT2D eigenvalue weighted by molar-refractivity contribution is 6.34. The summed E-state index contributed by atoms with van der Waals surface area (Å²) in [4.78, 5) is 26.2. The molecule has 2 N–H and O–H groups in total. The van der Waals surface area contributed by atoms with Crippen LogP contribution in [0.3, 0.4) is 0 Å². The van der Waals surface area contributed by atoms with Crippen molar-refractivity contribution in [1.29, 1.82) is 5.26 Å². The fourth-order valence-corrected chi connectivity index (χ4v) is 3.81. The third-order valence-corrected chi connectivity index (χ3v) is 5.32. The average molecular weight is 431 g/mol. The lowest BCUT2D eigenvalue weighted by atomic mass is 10.1. The molecule has 0 spiro atoms. The Morgan fingerprint density at radius 1 is 1.29 bits per heavy atom. The van der Waals surface area contributed by atoms with Gasteiger partial charge in [-0.05, 0) is 37.3 Å². The number of H-pyrrole nitrogens is 1. The molecule has 2 aromatic heterocycles. The Morgan fingerprint density at radius 2 is 2.13 bits per heavy atom. The minimum Gasteiger partial charge on any atom is -0.453 e. The Balaban J connectivity index is 1.47. The lowest BCUT2D eigenvalue weighted by molar-refractivity contribution is 0.0867. The number of aromatic amines is 1. The molecule has 0 saturated carbocycles. The predicted molar refractivity (Wildman–Crippen MR) is 117 cm³/mol. The number of amides is 1. The van der Waals surface area contributed by atoms with E-state index >= 15 is 0 Å². The van der Waals surface area contributed by atoms with Gasteiger partial charge in [0.05, 0.1) is 21.8 Å². The van der Waals surface area contributed by atoms with Crippen molar-refractivity contribution in [1.82, 2.24) is 15.0 Å².